The zero-order valence-electron chi connectivity index (χ0n) is 8.47. The minimum absolute atomic E-state index is 0.0152. The molecule has 0 aromatic heterocycles. The number of benzene rings is 1. The molecule has 0 saturated carbocycles. The highest BCUT2D eigenvalue weighted by Gasteiger charge is 2.09. The number of nitrogens with two attached hydrogens (primary N) is 1. The molecule has 0 bridgehead atoms. The minimum Gasteiger partial charge on any atom is -0.397 e. The van der Waals surface area contributed by atoms with Gasteiger partial charge in [-0.15, -0.1) is 0 Å². The number of nitrogens with one attached hydrogen (secondary N) is 1. The van der Waals surface area contributed by atoms with E-state index in [2.05, 4.69) is 37.2 Å². The zero-order valence-corrected chi connectivity index (χ0v) is 11.6. The number of hydrogen-bond donors (Lipinski definition) is 2. The molecule has 82 valence electrons. The number of carbonyl (C=O) groups excluding carboxylic acids is 1. The van der Waals surface area contributed by atoms with Gasteiger partial charge < -0.3 is 11.1 Å². The third-order valence-electron chi connectivity index (χ3n) is 1.87. The molecule has 3 nitrogen and oxygen atoms in total. The fourth-order valence-corrected chi connectivity index (χ4v) is 2.13. The van der Waals surface area contributed by atoms with Gasteiger partial charge in [-0.3, -0.25) is 4.79 Å². The van der Waals surface area contributed by atoms with Crippen molar-refractivity contribution in [2.75, 3.05) is 11.1 Å². The van der Waals surface area contributed by atoms with E-state index in [0.29, 0.717) is 5.69 Å². The summed E-state index contributed by atoms with van der Waals surface area (Å²) in [4.78, 5) is 11.4. The molecule has 0 atom stereocenters. The first-order valence-corrected chi connectivity index (χ1v) is 6.05. The van der Waals surface area contributed by atoms with Crippen LogP contribution in [-0.2, 0) is 4.79 Å². The van der Waals surface area contributed by atoms with Crippen molar-refractivity contribution in [1.29, 1.82) is 0 Å². The van der Waals surface area contributed by atoms with Crippen LogP contribution in [0.4, 0.5) is 11.4 Å². The van der Waals surface area contributed by atoms with Crippen LogP contribution in [0.3, 0.4) is 0 Å². The maximum atomic E-state index is 11.4. The molecule has 0 unspecified atom stereocenters. The first-order valence-electron chi connectivity index (χ1n) is 4.47. The van der Waals surface area contributed by atoms with Gasteiger partial charge in [-0.1, -0.05) is 13.8 Å². The van der Waals surface area contributed by atoms with E-state index in [1.807, 2.05) is 13.8 Å². The summed E-state index contributed by atoms with van der Waals surface area (Å²) in [5.74, 6) is -0.0568. The Morgan fingerprint density at radius 3 is 2.20 bits per heavy atom. The summed E-state index contributed by atoms with van der Waals surface area (Å²) in [6, 6.07) is 3.56. The largest absolute Gasteiger partial charge is 0.397 e. The van der Waals surface area contributed by atoms with Crippen LogP contribution in [0.5, 0.6) is 0 Å². The summed E-state index contributed by atoms with van der Waals surface area (Å²) in [5.41, 5.74) is 7.08. The van der Waals surface area contributed by atoms with Crippen molar-refractivity contribution in [1.82, 2.24) is 0 Å². The maximum absolute atomic E-state index is 11.4. The lowest BCUT2D eigenvalue weighted by Gasteiger charge is -2.10. The summed E-state index contributed by atoms with van der Waals surface area (Å²) >= 11 is 6.64. The summed E-state index contributed by atoms with van der Waals surface area (Å²) in [6.45, 7) is 3.69. The summed E-state index contributed by atoms with van der Waals surface area (Å²) in [5, 5.41) is 2.80. The Morgan fingerprint density at radius 1 is 1.33 bits per heavy atom. The highest BCUT2D eigenvalue weighted by atomic mass is 79.9. The zero-order chi connectivity index (χ0) is 11.6. The van der Waals surface area contributed by atoms with Crippen LogP contribution in [0.25, 0.3) is 0 Å². The molecule has 1 rings (SSSR count). The SMILES string of the molecule is CC(C)C(=O)Nc1cc(Br)c(N)c(Br)c1. The molecule has 0 aliphatic heterocycles. The van der Waals surface area contributed by atoms with Crippen molar-refractivity contribution in [3.63, 3.8) is 0 Å². The summed E-state index contributed by atoms with van der Waals surface area (Å²) < 4.78 is 1.52. The van der Waals surface area contributed by atoms with Gasteiger partial charge in [0.25, 0.3) is 0 Å². The second-order valence-corrected chi connectivity index (χ2v) is 5.21. The number of hydrogen-bond acceptors (Lipinski definition) is 2. The first kappa shape index (κ1) is 12.5. The van der Waals surface area contributed by atoms with Gasteiger partial charge >= 0.3 is 0 Å². The molecule has 0 saturated heterocycles. The summed E-state index contributed by atoms with van der Waals surface area (Å²) in [6.07, 6.45) is 0. The molecule has 1 amide bonds. The Kier molecular flexibility index (Phi) is 4.16. The fourth-order valence-electron chi connectivity index (χ4n) is 0.943. The van der Waals surface area contributed by atoms with Crippen LogP contribution >= 0.6 is 31.9 Å². The quantitative estimate of drug-likeness (QED) is 0.814. The molecule has 0 radical (unpaired) electrons. The molecule has 3 N–H and O–H groups in total. The monoisotopic (exact) mass is 334 g/mol. The van der Waals surface area contributed by atoms with E-state index in [9.17, 15) is 4.79 Å². The first-order chi connectivity index (χ1) is 6.91. The predicted molar refractivity (Wildman–Crippen MR) is 69.7 cm³/mol. The van der Waals surface area contributed by atoms with E-state index in [-0.39, 0.29) is 11.8 Å². The maximum Gasteiger partial charge on any atom is 0.226 e. The van der Waals surface area contributed by atoms with Gasteiger partial charge in [0.2, 0.25) is 5.91 Å². The second kappa shape index (κ2) is 4.99. The van der Waals surface area contributed by atoms with Crippen molar-refractivity contribution in [3.05, 3.63) is 21.1 Å². The van der Waals surface area contributed by atoms with Gasteiger partial charge in [0.1, 0.15) is 0 Å². The Morgan fingerprint density at radius 2 is 1.80 bits per heavy atom. The van der Waals surface area contributed by atoms with Crippen LogP contribution in [0.15, 0.2) is 21.1 Å². The third kappa shape index (κ3) is 3.21. The topological polar surface area (TPSA) is 55.1 Å². The standard InChI is InChI=1S/C10H12Br2N2O/c1-5(2)10(15)14-6-3-7(11)9(13)8(12)4-6/h3-5H,13H2,1-2H3,(H,14,15). The Balaban J connectivity index is 2.93. The molecule has 0 spiro atoms. The fraction of sp³-hybridized carbons (Fsp3) is 0.300. The van der Waals surface area contributed by atoms with Gasteiger partial charge in [0.05, 0.1) is 5.69 Å². The average Bonchev–Trinajstić information content (AvgIpc) is 2.13. The van der Waals surface area contributed by atoms with Gasteiger partial charge in [-0.05, 0) is 44.0 Å². The van der Waals surface area contributed by atoms with E-state index in [0.717, 1.165) is 14.6 Å². The molecular formula is C10H12Br2N2O. The number of halogens is 2. The van der Waals surface area contributed by atoms with Gasteiger partial charge in [-0.25, -0.2) is 0 Å². The van der Waals surface area contributed by atoms with Crippen molar-refractivity contribution < 1.29 is 4.79 Å². The van der Waals surface area contributed by atoms with Gasteiger partial charge in [-0.2, -0.15) is 0 Å². The Labute approximate surface area is 106 Å². The highest BCUT2D eigenvalue weighted by molar-refractivity contribution is 9.11. The van der Waals surface area contributed by atoms with Gasteiger partial charge in [0.15, 0.2) is 0 Å². The molecule has 0 fully saturated rings. The van der Waals surface area contributed by atoms with E-state index < -0.39 is 0 Å². The smallest absolute Gasteiger partial charge is 0.226 e. The lowest BCUT2D eigenvalue weighted by Crippen LogP contribution is -2.17. The lowest BCUT2D eigenvalue weighted by atomic mass is 10.2. The highest BCUT2D eigenvalue weighted by Crippen LogP contribution is 2.31. The van der Waals surface area contributed by atoms with Crippen molar-refractivity contribution in [2.45, 2.75) is 13.8 Å². The molecule has 5 heteroatoms. The van der Waals surface area contributed by atoms with Gasteiger partial charge in [0, 0.05) is 20.6 Å². The lowest BCUT2D eigenvalue weighted by molar-refractivity contribution is -0.118. The van der Waals surface area contributed by atoms with E-state index in [4.69, 9.17) is 5.73 Å². The average molecular weight is 336 g/mol. The van der Waals surface area contributed by atoms with Crippen molar-refractivity contribution in [3.8, 4) is 0 Å². The molecule has 0 heterocycles. The second-order valence-electron chi connectivity index (χ2n) is 3.50. The van der Waals surface area contributed by atoms with Crippen LogP contribution < -0.4 is 11.1 Å². The Bertz CT molecular complexity index is 368. The molecule has 1 aromatic rings. The van der Waals surface area contributed by atoms with Crippen molar-refractivity contribution in [2.24, 2.45) is 5.92 Å². The van der Waals surface area contributed by atoms with Crippen LogP contribution in [0.2, 0.25) is 0 Å². The summed E-state index contributed by atoms with van der Waals surface area (Å²) in [7, 11) is 0. The number of nitrogen functional groups attached to an aromatic ring is 1. The molecule has 0 aliphatic carbocycles. The molecular weight excluding hydrogens is 324 g/mol. The van der Waals surface area contributed by atoms with Crippen LogP contribution in [0, 0.1) is 5.92 Å². The predicted octanol–water partition coefficient (Wildman–Crippen LogP) is 3.39. The number of amides is 1. The molecule has 0 aliphatic rings. The van der Waals surface area contributed by atoms with Crippen LogP contribution in [0.1, 0.15) is 13.8 Å². The number of rotatable bonds is 2. The van der Waals surface area contributed by atoms with E-state index >= 15 is 0 Å². The number of carbonyl (C=O) groups is 1. The normalized spacial score (nSPS) is 10.5. The molecule has 15 heavy (non-hydrogen) atoms. The van der Waals surface area contributed by atoms with E-state index in [1.54, 1.807) is 12.1 Å². The Hall–Kier alpha value is -0.550. The number of anilines is 2. The third-order valence-corrected chi connectivity index (χ3v) is 3.18. The van der Waals surface area contributed by atoms with Crippen LogP contribution in [-0.4, -0.2) is 5.91 Å². The minimum atomic E-state index is -0.0416. The molecule has 1 aromatic carbocycles. The van der Waals surface area contributed by atoms with Crippen molar-refractivity contribution >= 4 is 49.1 Å². The van der Waals surface area contributed by atoms with E-state index in [1.165, 1.54) is 0 Å².